The maximum Gasteiger partial charge on any atom is 0.251 e. The molecule has 0 saturated heterocycles. The van der Waals surface area contributed by atoms with E-state index in [1.54, 1.807) is 23.5 Å². The van der Waals surface area contributed by atoms with Gasteiger partial charge in [-0.1, -0.05) is 24.3 Å². The van der Waals surface area contributed by atoms with Gasteiger partial charge in [-0.25, -0.2) is 0 Å². The number of rotatable bonds is 6. The van der Waals surface area contributed by atoms with Gasteiger partial charge in [-0.3, -0.25) is 4.79 Å². The number of benzene rings is 2. The molecule has 0 aliphatic carbocycles. The summed E-state index contributed by atoms with van der Waals surface area (Å²) in [6.07, 6.45) is 0. The topological polar surface area (TPSA) is 38.3 Å². The molecule has 3 nitrogen and oxygen atoms in total. The van der Waals surface area contributed by atoms with E-state index >= 15 is 0 Å². The zero-order valence-corrected chi connectivity index (χ0v) is 14.3. The Morgan fingerprint density at radius 2 is 1.88 bits per heavy atom. The van der Waals surface area contributed by atoms with Gasteiger partial charge in [0.1, 0.15) is 5.75 Å². The fourth-order valence-corrected chi connectivity index (χ4v) is 3.18. The van der Waals surface area contributed by atoms with Gasteiger partial charge in [0.25, 0.3) is 5.91 Å². The highest BCUT2D eigenvalue weighted by atomic mass is 32.1. The Labute approximate surface area is 145 Å². The van der Waals surface area contributed by atoms with Gasteiger partial charge in [0.2, 0.25) is 0 Å². The normalized spacial score (nSPS) is 10.4. The quantitative estimate of drug-likeness (QED) is 0.705. The molecule has 0 bridgehead atoms. The minimum absolute atomic E-state index is 0.0850. The van der Waals surface area contributed by atoms with Crippen LogP contribution in [0.25, 0.3) is 11.1 Å². The third kappa shape index (κ3) is 3.84. The molecule has 0 radical (unpaired) electrons. The van der Waals surface area contributed by atoms with Crippen LogP contribution in [0.1, 0.15) is 22.8 Å². The lowest BCUT2D eigenvalue weighted by Gasteiger charge is -2.10. The van der Waals surface area contributed by atoms with Crippen LogP contribution in [0.3, 0.4) is 0 Å². The number of hydrogen-bond acceptors (Lipinski definition) is 3. The number of carbonyl (C=O) groups is 1. The largest absolute Gasteiger partial charge is 0.494 e. The van der Waals surface area contributed by atoms with E-state index in [1.807, 2.05) is 37.3 Å². The fourth-order valence-electron chi connectivity index (χ4n) is 2.52. The average Bonchev–Trinajstić information content (AvgIpc) is 3.15. The van der Waals surface area contributed by atoms with Gasteiger partial charge in [0, 0.05) is 12.1 Å². The highest BCUT2D eigenvalue weighted by Gasteiger charge is 2.09. The molecule has 3 rings (SSSR count). The van der Waals surface area contributed by atoms with E-state index in [4.69, 9.17) is 4.74 Å². The highest BCUT2D eigenvalue weighted by molar-refractivity contribution is 7.08. The first-order chi connectivity index (χ1) is 11.8. The van der Waals surface area contributed by atoms with Crippen molar-refractivity contribution < 1.29 is 9.53 Å². The van der Waals surface area contributed by atoms with E-state index in [9.17, 15) is 4.79 Å². The average molecular weight is 337 g/mol. The van der Waals surface area contributed by atoms with Gasteiger partial charge in [0.05, 0.1) is 6.61 Å². The summed E-state index contributed by atoms with van der Waals surface area (Å²) in [4.78, 5) is 12.3. The Kier molecular flexibility index (Phi) is 5.29. The van der Waals surface area contributed by atoms with E-state index in [-0.39, 0.29) is 5.91 Å². The minimum atomic E-state index is -0.0850. The van der Waals surface area contributed by atoms with Crippen LogP contribution in [0, 0.1) is 0 Å². The molecule has 0 saturated carbocycles. The smallest absolute Gasteiger partial charge is 0.251 e. The lowest BCUT2D eigenvalue weighted by Crippen LogP contribution is -2.23. The summed E-state index contributed by atoms with van der Waals surface area (Å²) in [6, 6.07) is 17.4. The second-order valence-corrected chi connectivity index (χ2v) is 6.09. The summed E-state index contributed by atoms with van der Waals surface area (Å²) in [6.45, 7) is 3.05. The molecule has 2 aromatic carbocycles. The summed E-state index contributed by atoms with van der Waals surface area (Å²) in [7, 11) is 0. The lowest BCUT2D eigenvalue weighted by molar-refractivity contribution is 0.0951. The molecule has 0 unspecified atom stereocenters. The molecule has 1 amide bonds. The van der Waals surface area contributed by atoms with Crippen molar-refractivity contribution >= 4 is 17.2 Å². The number of hydrogen-bond donors (Lipinski definition) is 1. The van der Waals surface area contributed by atoms with Gasteiger partial charge < -0.3 is 10.1 Å². The van der Waals surface area contributed by atoms with Crippen LogP contribution < -0.4 is 10.1 Å². The second-order valence-electron chi connectivity index (χ2n) is 5.31. The fraction of sp³-hybridized carbons (Fsp3) is 0.150. The van der Waals surface area contributed by atoms with E-state index < -0.39 is 0 Å². The predicted octanol–water partition coefficient (Wildman–Crippen LogP) is 4.74. The van der Waals surface area contributed by atoms with Crippen LogP contribution in [0.2, 0.25) is 0 Å². The van der Waals surface area contributed by atoms with Crippen LogP contribution in [-0.4, -0.2) is 12.5 Å². The van der Waals surface area contributed by atoms with Gasteiger partial charge in [-0.15, -0.1) is 0 Å². The van der Waals surface area contributed by atoms with Crippen LogP contribution >= 0.6 is 11.3 Å². The molecule has 0 aliphatic heterocycles. The zero-order chi connectivity index (χ0) is 16.8. The van der Waals surface area contributed by atoms with Gasteiger partial charge in [0.15, 0.2) is 0 Å². The molecule has 0 aliphatic rings. The Morgan fingerprint density at radius 3 is 2.58 bits per heavy atom. The van der Waals surface area contributed by atoms with Gasteiger partial charge in [-0.05, 0) is 64.7 Å². The number of carbonyl (C=O) groups excluding carboxylic acids is 1. The van der Waals surface area contributed by atoms with Crippen molar-refractivity contribution in [1.29, 1.82) is 0 Å². The van der Waals surface area contributed by atoms with Crippen molar-refractivity contribution in [2.24, 2.45) is 0 Å². The number of amides is 1. The van der Waals surface area contributed by atoms with Crippen molar-refractivity contribution in [3.63, 3.8) is 0 Å². The van der Waals surface area contributed by atoms with E-state index in [0.717, 1.165) is 16.9 Å². The molecule has 0 atom stereocenters. The summed E-state index contributed by atoms with van der Waals surface area (Å²) in [5.74, 6) is 0.690. The maximum atomic E-state index is 12.3. The molecule has 122 valence electrons. The monoisotopic (exact) mass is 337 g/mol. The molecular formula is C20H19NO2S. The van der Waals surface area contributed by atoms with E-state index in [1.165, 1.54) is 5.56 Å². The standard InChI is InChI=1S/C20H19NO2S/c1-2-23-18-9-7-15(8-10-18)20(22)21-13-16-5-3-4-6-19(16)17-11-12-24-14-17/h3-12,14H,2,13H2,1H3,(H,21,22). The van der Waals surface area contributed by atoms with Crippen LogP contribution in [-0.2, 0) is 6.54 Å². The molecule has 1 heterocycles. The Morgan fingerprint density at radius 1 is 1.08 bits per heavy atom. The zero-order valence-electron chi connectivity index (χ0n) is 13.5. The molecule has 3 aromatic rings. The van der Waals surface area contributed by atoms with Gasteiger partial charge in [-0.2, -0.15) is 11.3 Å². The number of nitrogens with one attached hydrogen (secondary N) is 1. The Hall–Kier alpha value is -2.59. The second kappa shape index (κ2) is 7.79. The summed E-state index contributed by atoms with van der Waals surface area (Å²) in [5, 5.41) is 7.17. The van der Waals surface area contributed by atoms with Crippen LogP contribution in [0.15, 0.2) is 65.4 Å². The third-order valence-electron chi connectivity index (χ3n) is 3.72. The third-order valence-corrected chi connectivity index (χ3v) is 4.40. The van der Waals surface area contributed by atoms with Crippen LogP contribution in [0.4, 0.5) is 0 Å². The van der Waals surface area contributed by atoms with Crippen molar-refractivity contribution in [2.75, 3.05) is 6.61 Å². The van der Waals surface area contributed by atoms with Crippen LogP contribution in [0.5, 0.6) is 5.75 Å². The summed E-state index contributed by atoms with van der Waals surface area (Å²) >= 11 is 1.67. The van der Waals surface area contributed by atoms with Crippen molar-refractivity contribution in [3.8, 4) is 16.9 Å². The lowest BCUT2D eigenvalue weighted by atomic mass is 10.0. The van der Waals surface area contributed by atoms with Crippen molar-refractivity contribution in [2.45, 2.75) is 13.5 Å². The maximum absolute atomic E-state index is 12.3. The van der Waals surface area contributed by atoms with E-state index in [2.05, 4.69) is 28.2 Å². The molecule has 24 heavy (non-hydrogen) atoms. The molecule has 0 spiro atoms. The molecule has 4 heteroatoms. The Bertz CT molecular complexity index is 795. The Balaban J connectivity index is 1.69. The molecule has 1 N–H and O–H groups in total. The first kappa shape index (κ1) is 16.3. The highest BCUT2D eigenvalue weighted by Crippen LogP contribution is 2.25. The van der Waals surface area contributed by atoms with Crippen molar-refractivity contribution in [1.82, 2.24) is 5.32 Å². The summed E-state index contributed by atoms with van der Waals surface area (Å²) in [5.41, 5.74) is 4.08. The minimum Gasteiger partial charge on any atom is -0.494 e. The molecule has 1 aromatic heterocycles. The predicted molar refractivity (Wildman–Crippen MR) is 98.5 cm³/mol. The first-order valence-corrected chi connectivity index (χ1v) is 8.83. The molecule has 0 fully saturated rings. The van der Waals surface area contributed by atoms with Gasteiger partial charge >= 0.3 is 0 Å². The molecular weight excluding hydrogens is 318 g/mol. The first-order valence-electron chi connectivity index (χ1n) is 7.89. The number of ether oxygens (including phenoxy) is 1. The van der Waals surface area contributed by atoms with Crippen molar-refractivity contribution in [3.05, 3.63) is 76.5 Å². The van der Waals surface area contributed by atoms with E-state index in [0.29, 0.717) is 18.7 Å². The summed E-state index contributed by atoms with van der Waals surface area (Å²) < 4.78 is 5.40. The SMILES string of the molecule is CCOc1ccc(C(=O)NCc2ccccc2-c2ccsc2)cc1. The number of thiophene rings is 1.